The molecule has 0 bridgehead atoms. The standard InChI is InChI=1S/C33H35N3O5S/c1-23-15-17-27(18-16-23)42(40,41)36(25-10-8-9-24(19-25)32(39)34-33(2,3)22-37)21-26(38)20-35-30-13-6-4-11-28(30)29-12-5-7-14-31(29)35/h4-19,26,37-38H,20-22H2,1-3H3,(H,34,39)/t26-/m1/s1. The molecule has 0 aliphatic rings. The van der Waals surface area contributed by atoms with Gasteiger partial charge in [-0.2, -0.15) is 0 Å². The van der Waals surface area contributed by atoms with Crippen molar-refractivity contribution in [3.63, 3.8) is 0 Å². The number of fused-ring (bicyclic) bond motifs is 3. The molecule has 9 heteroatoms. The van der Waals surface area contributed by atoms with E-state index >= 15 is 0 Å². The van der Waals surface area contributed by atoms with Gasteiger partial charge in [0.15, 0.2) is 0 Å². The number of benzene rings is 4. The Morgan fingerprint density at radius 2 is 1.50 bits per heavy atom. The lowest BCUT2D eigenvalue weighted by molar-refractivity contribution is 0.0869. The van der Waals surface area contributed by atoms with E-state index in [1.807, 2.05) is 60.0 Å². The monoisotopic (exact) mass is 585 g/mol. The highest BCUT2D eigenvalue weighted by molar-refractivity contribution is 7.92. The number of carbonyl (C=O) groups excluding carboxylic acids is 1. The van der Waals surface area contributed by atoms with E-state index in [0.717, 1.165) is 31.7 Å². The molecule has 1 heterocycles. The van der Waals surface area contributed by atoms with Crippen molar-refractivity contribution >= 4 is 43.4 Å². The van der Waals surface area contributed by atoms with Crippen molar-refractivity contribution in [2.45, 2.75) is 43.9 Å². The normalized spacial score (nSPS) is 12.9. The first-order chi connectivity index (χ1) is 20.0. The number of hydrogen-bond donors (Lipinski definition) is 3. The Balaban J connectivity index is 1.53. The lowest BCUT2D eigenvalue weighted by Crippen LogP contribution is -2.46. The lowest BCUT2D eigenvalue weighted by atomic mass is 10.1. The van der Waals surface area contributed by atoms with Crippen molar-refractivity contribution in [1.82, 2.24) is 9.88 Å². The van der Waals surface area contributed by atoms with Crippen LogP contribution in [0.1, 0.15) is 29.8 Å². The number of sulfonamides is 1. The summed E-state index contributed by atoms with van der Waals surface area (Å²) in [5.41, 5.74) is 2.41. The summed E-state index contributed by atoms with van der Waals surface area (Å²) in [7, 11) is -4.12. The Bertz CT molecular complexity index is 1790. The molecule has 0 spiro atoms. The third-order valence-corrected chi connectivity index (χ3v) is 9.11. The number of rotatable bonds is 10. The van der Waals surface area contributed by atoms with Crippen LogP contribution in [0.4, 0.5) is 5.69 Å². The van der Waals surface area contributed by atoms with E-state index in [-0.39, 0.29) is 35.8 Å². The van der Waals surface area contributed by atoms with Crippen LogP contribution in [0.5, 0.6) is 0 Å². The van der Waals surface area contributed by atoms with E-state index in [4.69, 9.17) is 0 Å². The van der Waals surface area contributed by atoms with Gasteiger partial charge in [-0.3, -0.25) is 9.10 Å². The van der Waals surface area contributed by atoms with Crippen LogP contribution in [0, 0.1) is 6.92 Å². The zero-order chi connectivity index (χ0) is 30.1. The summed E-state index contributed by atoms with van der Waals surface area (Å²) in [6.07, 6.45) is -1.09. The van der Waals surface area contributed by atoms with Crippen LogP contribution in [0.25, 0.3) is 21.8 Å². The molecule has 5 rings (SSSR count). The second kappa shape index (κ2) is 11.6. The van der Waals surface area contributed by atoms with E-state index in [2.05, 4.69) is 5.32 Å². The predicted octanol–water partition coefficient (Wildman–Crippen LogP) is 4.86. The molecule has 0 saturated carbocycles. The molecule has 1 atom stereocenters. The lowest BCUT2D eigenvalue weighted by Gasteiger charge is -2.28. The first kappa shape index (κ1) is 29.3. The zero-order valence-corrected chi connectivity index (χ0v) is 24.7. The van der Waals surface area contributed by atoms with Crippen LogP contribution in [-0.4, -0.2) is 53.9 Å². The van der Waals surface area contributed by atoms with E-state index in [1.54, 1.807) is 44.2 Å². The summed E-state index contributed by atoms with van der Waals surface area (Å²) >= 11 is 0. The topological polar surface area (TPSA) is 112 Å². The van der Waals surface area contributed by atoms with E-state index < -0.39 is 27.6 Å². The van der Waals surface area contributed by atoms with Crippen LogP contribution in [0.2, 0.25) is 0 Å². The Morgan fingerprint density at radius 3 is 2.10 bits per heavy atom. The van der Waals surface area contributed by atoms with Crippen molar-refractivity contribution in [1.29, 1.82) is 0 Å². The van der Waals surface area contributed by atoms with Gasteiger partial charge in [-0.1, -0.05) is 60.2 Å². The molecule has 8 nitrogen and oxygen atoms in total. The number of anilines is 1. The zero-order valence-electron chi connectivity index (χ0n) is 23.9. The number of hydrogen-bond acceptors (Lipinski definition) is 5. The molecule has 0 unspecified atom stereocenters. The maximum Gasteiger partial charge on any atom is 0.264 e. The van der Waals surface area contributed by atoms with Gasteiger partial charge in [-0.25, -0.2) is 8.42 Å². The van der Waals surface area contributed by atoms with Gasteiger partial charge in [0.1, 0.15) is 0 Å². The minimum Gasteiger partial charge on any atom is -0.394 e. The number of aryl methyl sites for hydroxylation is 1. The predicted molar refractivity (Wildman–Crippen MR) is 166 cm³/mol. The van der Waals surface area contributed by atoms with Gasteiger partial charge < -0.3 is 20.1 Å². The highest BCUT2D eigenvalue weighted by Gasteiger charge is 2.29. The van der Waals surface area contributed by atoms with E-state index in [1.165, 1.54) is 18.2 Å². The third kappa shape index (κ3) is 5.90. The molecule has 3 N–H and O–H groups in total. The molecular weight excluding hydrogens is 550 g/mol. The average molecular weight is 586 g/mol. The molecular formula is C33H35N3O5S. The summed E-state index contributed by atoms with van der Waals surface area (Å²) in [5.74, 6) is -0.450. The Kier molecular flexibility index (Phi) is 8.10. The summed E-state index contributed by atoms with van der Waals surface area (Å²) in [5, 5.41) is 25.9. The summed E-state index contributed by atoms with van der Waals surface area (Å²) in [6.45, 7) is 4.89. The molecule has 5 aromatic rings. The first-order valence-corrected chi connectivity index (χ1v) is 15.2. The Labute approximate surface area is 245 Å². The van der Waals surface area contributed by atoms with Gasteiger partial charge in [-0.05, 0) is 63.2 Å². The fourth-order valence-corrected chi connectivity index (χ4v) is 6.55. The number of nitrogens with zero attached hydrogens (tertiary/aromatic N) is 2. The molecule has 0 radical (unpaired) electrons. The van der Waals surface area contributed by atoms with Crippen molar-refractivity contribution in [3.8, 4) is 0 Å². The second-order valence-corrected chi connectivity index (χ2v) is 13.1. The first-order valence-electron chi connectivity index (χ1n) is 13.8. The summed E-state index contributed by atoms with van der Waals surface area (Å²) < 4.78 is 31.2. The van der Waals surface area contributed by atoms with Gasteiger partial charge in [-0.15, -0.1) is 0 Å². The van der Waals surface area contributed by atoms with Crippen molar-refractivity contribution < 1.29 is 23.4 Å². The minimum absolute atomic E-state index is 0.0773. The molecule has 1 amide bonds. The minimum atomic E-state index is -4.12. The van der Waals surface area contributed by atoms with Crippen LogP contribution >= 0.6 is 0 Å². The van der Waals surface area contributed by atoms with Gasteiger partial charge >= 0.3 is 0 Å². The number of para-hydroxylation sites is 2. The van der Waals surface area contributed by atoms with Crippen LogP contribution in [-0.2, 0) is 16.6 Å². The second-order valence-electron chi connectivity index (χ2n) is 11.2. The van der Waals surface area contributed by atoms with Crippen LogP contribution in [0.3, 0.4) is 0 Å². The molecule has 42 heavy (non-hydrogen) atoms. The molecule has 0 saturated heterocycles. The smallest absolute Gasteiger partial charge is 0.264 e. The van der Waals surface area contributed by atoms with Crippen molar-refractivity contribution in [3.05, 3.63) is 108 Å². The van der Waals surface area contributed by atoms with E-state index in [9.17, 15) is 23.4 Å². The van der Waals surface area contributed by atoms with Gasteiger partial charge in [0.05, 0.1) is 41.9 Å². The highest BCUT2D eigenvalue weighted by Crippen LogP contribution is 2.30. The molecule has 218 valence electrons. The van der Waals surface area contributed by atoms with Crippen LogP contribution in [0.15, 0.2) is 102 Å². The number of aromatic nitrogens is 1. The fraction of sp³-hybridized carbons (Fsp3) is 0.242. The number of amides is 1. The molecule has 0 aliphatic carbocycles. The average Bonchev–Trinajstić information content (AvgIpc) is 3.29. The van der Waals surface area contributed by atoms with Crippen LogP contribution < -0.4 is 9.62 Å². The number of aliphatic hydroxyl groups is 2. The van der Waals surface area contributed by atoms with Gasteiger partial charge in [0, 0.05) is 27.4 Å². The summed E-state index contributed by atoms with van der Waals surface area (Å²) in [6, 6.07) is 28.6. The SMILES string of the molecule is Cc1ccc(S(=O)(=O)N(C[C@H](O)Cn2c3ccccc3c3ccccc32)c2cccc(C(=O)NC(C)(C)CO)c2)cc1. The maximum absolute atomic E-state index is 14.0. The van der Waals surface area contributed by atoms with Crippen molar-refractivity contribution in [2.24, 2.45) is 0 Å². The summed E-state index contributed by atoms with van der Waals surface area (Å²) in [4.78, 5) is 13.1. The molecule has 0 fully saturated rings. The number of aliphatic hydroxyl groups excluding tert-OH is 2. The molecule has 1 aromatic heterocycles. The van der Waals surface area contributed by atoms with Gasteiger partial charge in [0.25, 0.3) is 15.9 Å². The largest absolute Gasteiger partial charge is 0.394 e. The Hall–Kier alpha value is -4.18. The number of nitrogens with one attached hydrogen (secondary N) is 1. The Morgan fingerprint density at radius 1 is 0.905 bits per heavy atom. The molecule has 4 aromatic carbocycles. The molecule has 0 aliphatic heterocycles. The maximum atomic E-state index is 14.0. The van der Waals surface area contributed by atoms with Gasteiger partial charge in [0.2, 0.25) is 0 Å². The van der Waals surface area contributed by atoms with Crippen molar-refractivity contribution in [2.75, 3.05) is 17.5 Å². The third-order valence-electron chi connectivity index (χ3n) is 7.30. The quantitative estimate of drug-likeness (QED) is 0.217. The fourth-order valence-electron chi connectivity index (χ4n) is 5.06. The van der Waals surface area contributed by atoms with E-state index in [0.29, 0.717) is 0 Å². The number of carbonyl (C=O) groups is 1. The highest BCUT2D eigenvalue weighted by atomic mass is 32.2.